The van der Waals surface area contributed by atoms with Crippen LogP contribution in [0.15, 0.2) is 6.20 Å². The lowest BCUT2D eigenvalue weighted by atomic mass is 10.1. The fourth-order valence-corrected chi connectivity index (χ4v) is 2.04. The molecular weight excluding hydrogens is 262 g/mol. The van der Waals surface area contributed by atoms with Crippen molar-refractivity contribution in [3.63, 3.8) is 0 Å². The lowest BCUT2D eigenvalue weighted by molar-refractivity contribution is -0.385. The second kappa shape index (κ2) is 8.29. The van der Waals surface area contributed by atoms with Gasteiger partial charge in [-0.3, -0.25) is 14.8 Å². The van der Waals surface area contributed by atoms with Crippen molar-refractivity contribution in [2.24, 2.45) is 0 Å². The molecule has 1 aromatic rings. The van der Waals surface area contributed by atoms with Crippen molar-refractivity contribution >= 4 is 11.7 Å². The maximum Gasteiger partial charge on any atom is 0.363 e. The lowest BCUT2D eigenvalue weighted by Gasteiger charge is -2.01. The number of rotatable bonds is 10. The molecule has 112 valence electrons. The summed E-state index contributed by atoms with van der Waals surface area (Å²) in [6.45, 7) is 2.69. The summed E-state index contributed by atoms with van der Waals surface area (Å²) in [5.74, 6) is -1.37. The van der Waals surface area contributed by atoms with Crippen LogP contribution in [0.3, 0.4) is 0 Å². The van der Waals surface area contributed by atoms with Gasteiger partial charge in [0.15, 0.2) is 0 Å². The number of aromatic nitrogens is 2. The topological polar surface area (TPSA) is 98.3 Å². The van der Waals surface area contributed by atoms with Crippen LogP contribution in [0.5, 0.6) is 0 Å². The molecule has 0 aromatic carbocycles. The Morgan fingerprint density at radius 1 is 1.30 bits per heavy atom. The summed E-state index contributed by atoms with van der Waals surface area (Å²) >= 11 is 0. The maximum atomic E-state index is 10.8. The Morgan fingerprint density at radius 2 is 1.90 bits per heavy atom. The largest absolute Gasteiger partial charge is 0.476 e. The van der Waals surface area contributed by atoms with E-state index in [1.54, 1.807) is 0 Å². The molecule has 0 atom stereocenters. The zero-order valence-corrected chi connectivity index (χ0v) is 11.7. The first kappa shape index (κ1) is 16.1. The number of aryl methyl sites for hydroxylation is 1. The van der Waals surface area contributed by atoms with Crippen LogP contribution in [-0.4, -0.2) is 25.8 Å². The summed E-state index contributed by atoms with van der Waals surface area (Å²) in [4.78, 5) is 20.8. The molecule has 1 heterocycles. The Hall–Kier alpha value is -1.92. The minimum absolute atomic E-state index is 0.444. The number of hydrogen-bond donors (Lipinski definition) is 1. The number of carboxylic acids is 1. The number of nitro groups is 1. The van der Waals surface area contributed by atoms with Gasteiger partial charge in [-0.15, -0.1) is 0 Å². The lowest BCUT2D eigenvalue weighted by Crippen LogP contribution is -2.04. The standard InChI is InChI=1S/C13H21N3O4/c1-2-3-4-5-6-7-8-9-15-10-11(16(19)20)12(14-15)13(17)18/h10H,2-9H2,1H3,(H,17,18). The Kier molecular flexibility index (Phi) is 6.69. The van der Waals surface area contributed by atoms with Crippen molar-refractivity contribution in [3.05, 3.63) is 22.0 Å². The molecule has 1 aromatic heterocycles. The molecule has 0 aliphatic rings. The van der Waals surface area contributed by atoms with Gasteiger partial charge in [0, 0.05) is 6.54 Å². The van der Waals surface area contributed by atoms with Crippen LogP contribution < -0.4 is 0 Å². The van der Waals surface area contributed by atoms with Crippen LogP contribution in [0.4, 0.5) is 5.69 Å². The molecule has 0 fully saturated rings. The van der Waals surface area contributed by atoms with Crippen LogP contribution >= 0.6 is 0 Å². The van der Waals surface area contributed by atoms with Gasteiger partial charge in [0.2, 0.25) is 5.69 Å². The molecule has 0 aliphatic carbocycles. The minimum Gasteiger partial charge on any atom is -0.476 e. The van der Waals surface area contributed by atoms with Crippen LogP contribution in [0.2, 0.25) is 0 Å². The molecule has 0 aliphatic heterocycles. The summed E-state index contributed by atoms with van der Waals surface area (Å²) in [5, 5.41) is 23.3. The molecule has 0 spiro atoms. The molecule has 0 saturated carbocycles. The first-order valence-electron chi connectivity index (χ1n) is 7.01. The summed E-state index contributed by atoms with van der Waals surface area (Å²) in [6.07, 6.45) is 9.13. The average molecular weight is 283 g/mol. The minimum atomic E-state index is -1.37. The third-order valence-corrected chi connectivity index (χ3v) is 3.13. The molecule has 7 heteroatoms. The van der Waals surface area contributed by atoms with Gasteiger partial charge in [0.25, 0.3) is 0 Å². The van der Waals surface area contributed by atoms with Crippen molar-refractivity contribution in [1.82, 2.24) is 9.78 Å². The highest BCUT2D eigenvalue weighted by molar-refractivity contribution is 5.89. The number of nitrogens with zero attached hydrogens (tertiary/aromatic N) is 3. The molecule has 0 saturated heterocycles. The van der Waals surface area contributed by atoms with Crippen molar-refractivity contribution in [2.75, 3.05) is 0 Å². The monoisotopic (exact) mass is 283 g/mol. The number of aromatic carboxylic acids is 1. The van der Waals surface area contributed by atoms with Crippen molar-refractivity contribution in [3.8, 4) is 0 Å². The average Bonchev–Trinajstić information content (AvgIpc) is 2.82. The maximum absolute atomic E-state index is 10.8. The van der Waals surface area contributed by atoms with Gasteiger partial charge >= 0.3 is 11.7 Å². The Morgan fingerprint density at radius 3 is 2.40 bits per heavy atom. The summed E-state index contributed by atoms with van der Waals surface area (Å²) in [7, 11) is 0. The van der Waals surface area contributed by atoms with Crippen molar-refractivity contribution < 1.29 is 14.8 Å². The zero-order valence-electron chi connectivity index (χ0n) is 11.7. The van der Waals surface area contributed by atoms with Gasteiger partial charge in [-0.1, -0.05) is 45.4 Å². The van der Waals surface area contributed by atoms with E-state index in [-0.39, 0.29) is 0 Å². The molecule has 0 amide bonds. The van der Waals surface area contributed by atoms with E-state index < -0.39 is 22.3 Å². The quantitative estimate of drug-likeness (QED) is 0.404. The molecule has 1 N–H and O–H groups in total. The zero-order chi connectivity index (χ0) is 15.0. The second-order valence-corrected chi connectivity index (χ2v) is 4.81. The molecule has 0 unspecified atom stereocenters. The van der Waals surface area contributed by atoms with Crippen LogP contribution in [0, 0.1) is 10.1 Å². The van der Waals surface area contributed by atoms with E-state index in [9.17, 15) is 14.9 Å². The SMILES string of the molecule is CCCCCCCCCn1cc([N+](=O)[O-])c(C(=O)O)n1. The Balaban J connectivity index is 2.39. The van der Waals surface area contributed by atoms with E-state index >= 15 is 0 Å². The molecular formula is C13H21N3O4. The van der Waals surface area contributed by atoms with Gasteiger partial charge in [0.05, 0.1) is 4.92 Å². The highest BCUT2D eigenvalue weighted by atomic mass is 16.6. The van der Waals surface area contributed by atoms with E-state index in [1.165, 1.54) is 36.6 Å². The molecule has 1 rings (SSSR count). The molecule has 0 bridgehead atoms. The van der Waals surface area contributed by atoms with Gasteiger partial charge in [-0.2, -0.15) is 5.10 Å². The number of carbonyl (C=O) groups is 1. The summed E-state index contributed by atoms with van der Waals surface area (Å²) < 4.78 is 1.35. The van der Waals surface area contributed by atoms with Gasteiger partial charge in [0.1, 0.15) is 6.20 Å². The van der Waals surface area contributed by atoms with Gasteiger partial charge < -0.3 is 5.11 Å². The van der Waals surface area contributed by atoms with E-state index in [2.05, 4.69) is 12.0 Å². The van der Waals surface area contributed by atoms with Crippen LogP contribution in [-0.2, 0) is 6.54 Å². The highest BCUT2D eigenvalue weighted by Crippen LogP contribution is 2.17. The van der Waals surface area contributed by atoms with E-state index in [0.717, 1.165) is 19.3 Å². The predicted molar refractivity (Wildman–Crippen MR) is 73.8 cm³/mol. The van der Waals surface area contributed by atoms with E-state index in [0.29, 0.717) is 6.54 Å². The van der Waals surface area contributed by atoms with Gasteiger partial charge in [-0.05, 0) is 6.42 Å². The Bertz CT molecular complexity index is 425. The molecule has 7 nitrogen and oxygen atoms in total. The van der Waals surface area contributed by atoms with Crippen LogP contribution in [0.25, 0.3) is 0 Å². The second-order valence-electron chi connectivity index (χ2n) is 4.81. The number of carboxylic acid groups (broad SMARTS) is 1. The van der Waals surface area contributed by atoms with Crippen molar-refractivity contribution in [2.45, 2.75) is 58.4 Å². The number of unbranched alkanes of at least 4 members (excludes halogenated alkanes) is 6. The highest BCUT2D eigenvalue weighted by Gasteiger charge is 2.24. The van der Waals surface area contributed by atoms with E-state index in [1.807, 2.05) is 0 Å². The van der Waals surface area contributed by atoms with Crippen LogP contribution in [0.1, 0.15) is 62.4 Å². The first-order chi connectivity index (χ1) is 9.56. The smallest absolute Gasteiger partial charge is 0.363 e. The fraction of sp³-hybridized carbons (Fsp3) is 0.692. The predicted octanol–water partition coefficient (Wildman–Crippen LogP) is 3.24. The summed E-state index contributed by atoms with van der Waals surface area (Å²) in [5.41, 5.74) is -0.932. The molecule has 0 radical (unpaired) electrons. The summed E-state index contributed by atoms with van der Waals surface area (Å²) in [6, 6.07) is 0. The third-order valence-electron chi connectivity index (χ3n) is 3.13. The van der Waals surface area contributed by atoms with Crippen molar-refractivity contribution in [1.29, 1.82) is 0 Å². The normalized spacial score (nSPS) is 10.7. The third kappa shape index (κ3) is 4.99. The fourth-order valence-electron chi connectivity index (χ4n) is 2.04. The number of hydrogen-bond acceptors (Lipinski definition) is 4. The Labute approximate surface area is 117 Å². The molecule has 20 heavy (non-hydrogen) atoms. The van der Waals surface area contributed by atoms with E-state index in [4.69, 9.17) is 5.11 Å². The first-order valence-corrected chi connectivity index (χ1v) is 7.01. The van der Waals surface area contributed by atoms with Gasteiger partial charge in [-0.25, -0.2) is 4.79 Å².